The molecule has 0 amide bonds. The molecule has 1 aromatic rings. The van der Waals surface area contributed by atoms with E-state index in [1.165, 1.54) is 57.6 Å². The van der Waals surface area contributed by atoms with Crippen molar-refractivity contribution < 1.29 is 0 Å². The number of thiol groups is 1. The number of hydrogen-bond acceptors (Lipinski definition) is 2. The molecule has 1 aromatic carbocycles. The summed E-state index contributed by atoms with van der Waals surface area (Å²) in [4.78, 5) is 2.63. The SMILES string of the molecule is S[P+]1(CCN2CCCC2)CCCc2ccccc21. The highest BCUT2D eigenvalue weighted by molar-refractivity contribution is 8.55. The summed E-state index contributed by atoms with van der Waals surface area (Å²) in [6.07, 6.45) is 8.06. The number of rotatable bonds is 3. The van der Waals surface area contributed by atoms with E-state index in [9.17, 15) is 0 Å². The van der Waals surface area contributed by atoms with Crippen LogP contribution < -0.4 is 5.30 Å². The van der Waals surface area contributed by atoms with Crippen LogP contribution in [0.3, 0.4) is 0 Å². The molecule has 3 heteroatoms. The topological polar surface area (TPSA) is 3.24 Å². The summed E-state index contributed by atoms with van der Waals surface area (Å²) < 4.78 is 0. The quantitative estimate of drug-likeness (QED) is 0.657. The molecule has 1 nitrogen and oxygen atoms in total. The van der Waals surface area contributed by atoms with Gasteiger partial charge < -0.3 is 0 Å². The Kier molecular flexibility index (Phi) is 3.98. The molecular formula is C15H23NPS+. The predicted octanol–water partition coefficient (Wildman–Crippen LogP) is 3.22. The fraction of sp³-hybridized carbons (Fsp3) is 0.600. The first-order valence-electron chi connectivity index (χ1n) is 7.19. The average Bonchev–Trinajstić information content (AvgIpc) is 2.90. The summed E-state index contributed by atoms with van der Waals surface area (Å²) in [5.41, 5.74) is 1.58. The molecule has 2 aliphatic rings. The van der Waals surface area contributed by atoms with Gasteiger partial charge in [0.1, 0.15) is 11.8 Å². The second-order valence-electron chi connectivity index (χ2n) is 5.65. The fourth-order valence-electron chi connectivity index (χ4n) is 3.33. The zero-order chi connectivity index (χ0) is 12.4. The van der Waals surface area contributed by atoms with Crippen molar-refractivity contribution in [1.82, 2.24) is 4.90 Å². The Labute approximate surface area is 116 Å². The van der Waals surface area contributed by atoms with Gasteiger partial charge in [-0.05, 0) is 50.4 Å². The number of aryl methyl sites for hydroxylation is 1. The van der Waals surface area contributed by atoms with E-state index < -0.39 is 6.46 Å². The van der Waals surface area contributed by atoms with Gasteiger partial charge in [-0.15, -0.1) is 0 Å². The summed E-state index contributed by atoms with van der Waals surface area (Å²) in [6.45, 7) is 2.75. The first kappa shape index (κ1) is 13.0. The Balaban J connectivity index is 1.73. The third-order valence-electron chi connectivity index (χ3n) is 4.40. The van der Waals surface area contributed by atoms with Crippen LogP contribution in [0.15, 0.2) is 24.3 Å². The van der Waals surface area contributed by atoms with E-state index in [0.29, 0.717) is 0 Å². The summed E-state index contributed by atoms with van der Waals surface area (Å²) in [5, 5.41) is 1.61. The largest absolute Gasteiger partial charge is 0.300 e. The highest BCUT2D eigenvalue weighted by Crippen LogP contribution is 2.64. The molecule has 0 N–H and O–H groups in total. The van der Waals surface area contributed by atoms with E-state index >= 15 is 0 Å². The minimum Gasteiger partial charge on any atom is -0.300 e. The molecule has 0 radical (unpaired) electrons. The van der Waals surface area contributed by atoms with Crippen LogP contribution in [-0.4, -0.2) is 36.9 Å². The lowest BCUT2D eigenvalue weighted by Gasteiger charge is -2.29. The number of benzene rings is 1. The minimum atomic E-state index is -1.15. The smallest absolute Gasteiger partial charge is 0.108 e. The Bertz CT molecular complexity index is 417. The van der Waals surface area contributed by atoms with Crippen molar-refractivity contribution in [3.63, 3.8) is 0 Å². The van der Waals surface area contributed by atoms with Gasteiger partial charge in [0, 0.05) is 18.8 Å². The van der Waals surface area contributed by atoms with Crippen LogP contribution >= 0.6 is 18.7 Å². The lowest BCUT2D eigenvalue weighted by molar-refractivity contribution is 0.361. The molecule has 0 bridgehead atoms. The molecule has 2 aliphatic heterocycles. The zero-order valence-electron chi connectivity index (χ0n) is 11.0. The lowest BCUT2D eigenvalue weighted by atomic mass is 10.1. The first-order chi connectivity index (χ1) is 8.78. The maximum Gasteiger partial charge on any atom is 0.108 e. The molecular weight excluding hydrogens is 257 g/mol. The van der Waals surface area contributed by atoms with Crippen molar-refractivity contribution in [1.29, 1.82) is 0 Å². The van der Waals surface area contributed by atoms with E-state index in [0.717, 1.165) is 0 Å². The third-order valence-corrected chi connectivity index (χ3v) is 9.57. The summed E-state index contributed by atoms with van der Waals surface area (Å²) in [5.74, 6) is 0. The first-order valence-corrected chi connectivity index (χ1v) is 10.5. The van der Waals surface area contributed by atoms with Crippen molar-refractivity contribution in [3.05, 3.63) is 29.8 Å². The van der Waals surface area contributed by atoms with Gasteiger partial charge in [-0.25, -0.2) is 0 Å². The molecule has 98 valence electrons. The van der Waals surface area contributed by atoms with Gasteiger partial charge in [-0.3, -0.25) is 4.90 Å². The molecule has 1 saturated heterocycles. The number of nitrogens with zero attached hydrogens (tertiary/aromatic N) is 1. The molecule has 0 saturated carbocycles. The highest BCUT2D eigenvalue weighted by Gasteiger charge is 2.40. The molecule has 0 spiro atoms. The molecule has 2 heterocycles. The van der Waals surface area contributed by atoms with Crippen LogP contribution in [0.4, 0.5) is 0 Å². The number of fused-ring (bicyclic) bond motifs is 1. The minimum absolute atomic E-state index is 1.15. The summed E-state index contributed by atoms with van der Waals surface area (Å²) in [7, 11) is 0. The monoisotopic (exact) mass is 280 g/mol. The van der Waals surface area contributed by atoms with Gasteiger partial charge in [0.2, 0.25) is 0 Å². The Morgan fingerprint density at radius 3 is 2.72 bits per heavy atom. The molecule has 18 heavy (non-hydrogen) atoms. The van der Waals surface area contributed by atoms with Gasteiger partial charge in [0.05, 0.1) is 12.3 Å². The van der Waals surface area contributed by atoms with Crippen molar-refractivity contribution >= 4 is 24.0 Å². The van der Waals surface area contributed by atoms with E-state index in [-0.39, 0.29) is 0 Å². The van der Waals surface area contributed by atoms with Crippen molar-refractivity contribution in [2.24, 2.45) is 0 Å². The highest BCUT2D eigenvalue weighted by atomic mass is 32.7. The van der Waals surface area contributed by atoms with Crippen LogP contribution in [0, 0.1) is 0 Å². The molecule has 3 rings (SSSR count). The maximum atomic E-state index is 5.19. The van der Waals surface area contributed by atoms with Gasteiger partial charge in [-0.1, -0.05) is 18.2 Å². The zero-order valence-corrected chi connectivity index (χ0v) is 12.8. The molecule has 1 atom stereocenters. The summed E-state index contributed by atoms with van der Waals surface area (Å²) >= 11 is 5.19. The van der Waals surface area contributed by atoms with Crippen LogP contribution in [-0.2, 0) is 6.42 Å². The Morgan fingerprint density at radius 1 is 1.11 bits per heavy atom. The predicted molar refractivity (Wildman–Crippen MR) is 85.7 cm³/mol. The van der Waals surface area contributed by atoms with Gasteiger partial charge in [0.25, 0.3) is 0 Å². The van der Waals surface area contributed by atoms with Gasteiger partial charge in [-0.2, -0.15) is 0 Å². The van der Waals surface area contributed by atoms with Crippen molar-refractivity contribution in [3.8, 4) is 0 Å². The second-order valence-corrected chi connectivity index (χ2v) is 11.2. The van der Waals surface area contributed by atoms with E-state index in [2.05, 4.69) is 29.2 Å². The van der Waals surface area contributed by atoms with Gasteiger partial charge in [0.15, 0.2) is 0 Å². The van der Waals surface area contributed by atoms with Crippen LogP contribution in [0.5, 0.6) is 0 Å². The number of hydrogen-bond donors (Lipinski definition) is 1. The molecule has 1 unspecified atom stereocenters. The van der Waals surface area contributed by atoms with Crippen LogP contribution in [0.25, 0.3) is 0 Å². The standard InChI is InChI=1S/C15H23NPS/c18-17(13-11-16-9-3-4-10-16)12-5-7-14-6-1-2-8-15(14)17/h1-2,6,8,18H,3-5,7,9-13H2/q+1. The molecule has 1 fully saturated rings. The third kappa shape index (κ3) is 2.61. The van der Waals surface area contributed by atoms with Crippen LogP contribution in [0.2, 0.25) is 0 Å². The van der Waals surface area contributed by atoms with Crippen molar-refractivity contribution in [2.45, 2.75) is 25.7 Å². The normalized spacial score (nSPS) is 28.3. The summed E-state index contributed by atoms with van der Waals surface area (Å²) in [6, 6.07) is 9.04. The van der Waals surface area contributed by atoms with E-state index in [1.807, 2.05) is 0 Å². The maximum absolute atomic E-state index is 5.19. The van der Waals surface area contributed by atoms with E-state index in [4.69, 9.17) is 12.2 Å². The van der Waals surface area contributed by atoms with Crippen LogP contribution in [0.1, 0.15) is 24.8 Å². The van der Waals surface area contributed by atoms with Crippen molar-refractivity contribution in [2.75, 3.05) is 32.0 Å². The average molecular weight is 280 g/mol. The second kappa shape index (κ2) is 5.53. The Hall–Kier alpha value is -0.0400. The number of likely N-dealkylation sites (tertiary alicyclic amines) is 1. The van der Waals surface area contributed by atoms with E-state index in [1.54, 1.807) is 10.9 Å². The molecule has 0 aromatic heterocycles. The lowest BCUT2D eigenvalue weighted by Crippen LogP contribution is -2.29. The molecule has 0 aliphatic carbocycles. The fourth-order valence-corrected chi connectivity index (χ4v) is 7.69. The Morgan fingerprint density at radius 2 is 1.89 bits per heavy atom. The van der Waals surface area contributed by atoms with Gasteiger partial charge >= 0.3 is 0 Å².